The highest BCUT2D eigenvalue weighted by Crippen LogP contribution is 2.23. The number of benzene rings is 2. The highest BCUT2D eigenvalue weighted by Gasteiger charge is 2.22. The predicted molar refractivity (Wildman–Crippen MR) is 120 cm³/mol. The van der Waals surface area contributed by atoms with Crippen LogP contribution >= 0.6 is 0 Å². The standard InChI is InChI=1S/C22H27N3O6S/c1-15-6-12-18(13-7-15)32(29,30)25(5)17-10-8-16(9-11-17)20(27)31-14-19(26)23-21(28)24-22(2,3)4/h6-13H,14H2,1-5H3,(H2,23,24,26,28). The molecule has 0 aliphatic carbocycles. The lowest BCUT2D eigenvalue weighted by Gasteiger charge is -2.20. The van der Waals surface area contributed by atoms with Gasteiger partial charge in [0.05, 0.1) is 16.1 Å². The SMILES string of the molecule is Cc1ccc(S(=O)(=O)N(C)c2ccc(C(=O)OCC(=O)NC(=O)NC(C)(C)C)cc2)cc1. The number of anilines is 1. The molecule has 0 fully saturated rings. The van der Waals surface area contributed by atoms with E-state index in [0.29, 0.717) is 5.69 Å². The summed E-state index contributed by atoms with van der Waals surface area (Å²) in [4.78, 5) is 35.7. The van der Waals surface area contributed by atoms with E-state index in [1.165, 1.54) is 43.4 Å². The number of aryl methyl sites for hydroxylation is 1. The molecule has 0 atom stereocenters. The Bertz CT molecular complexity index is 1090. The van der Waals surface area contributed by atoms with Crippen molar-refractivity contribution in [3.8, 4) is 0 Å². The topological polar surface area (TPSA) is 122 Å². The van der Waals surface area contributed by atoms with Crippen LogP contribution in [-0.2, 0) is 19.6 Å². The van der Waals surface area contributed by atoms with Gasteiger partial charge in [-0.15, -0.1) is 0 Å². The smallest absolute Gasteiger partial charge is 0.338 e. The zero-order chi connectivity index (χ0) is 24.1. The van der Waals surface area contributed by atoms with Gasteiger partial charge in [-0.3, -0.25) is 14.4 Å². The first-order valence-electron chi connectivity index (χ1n) is 9.74. The molecule has 3 amide bonds. The minimum atomic E-state index is -3.76. The van der Waals surface area contributed by atoms with Crippen molar-refractivity contribution in [2.24, 2.45) is 0 Å². The van der Waals surface area contributed by atoms with Gasteiger partial charge in [-0.2, -0.15) is 0 Å². The van der Waals surface area contributed by atoms with E-state index >= 15 is 0 Å². The fraction of sp³-hybridized carbons (Fsp3) is 0.318. The summed E-state index contributed by atoms with van der Waals surface area (Å²) in [5.74, 6) is -1.56. The van der Waals surface area contributed by atoms with Gasteiger partial charge in [-0.25, -0.2) is 18.0 Å². The molecule has 2 N–H and O–H groups in total. The molecule has 172 valence electrons. The number of hydrogen-bond acceptors (Lipinski definition) is 6. The Kier molecular flexibility index (Phi) is 7.63. The number of amides is 3. The minimum absolute atomic E-state index is 0.127. The number of nitrogens with zero attached hydrogens (tertiary/aromatic N) is 1. The normalized spacial score (nSPS) is 11.4. The molecule has 0 aliphatic rings. The van der Waals surface area contributed by atoms with E-state index in [0.717, 1.165) is 9.87 Å². The van der Waals surface area contributed by atoms with Gasteiger partial charge in [0.2, 0.25) is 0 Å². The number of urea groups is 1. The van der Waals surface area contributed by atoms with Crippen LogP contribution in [0.3, 0.4) is 0 Å². The van der Waals surface area contributed by atoms with Crippen LogP contribution in [0.2, 0.25) is 0 Å². The first-order chi connectivity index (χ1) is 14.8. The van der Waals surface area contributed by atoms with Gasteiger partial charge in [-0.1, -0.05) is 17.7 Å². The number of carbonyl (C=O) groups is 3. The van der Waals surface area contributed by atoms with Gasteiger partial charge >= 0.3 is 12.0 Å². The lowest BCUT2D eigenvalue weighted by atomic mass is 10.1. The molecule has 0 aliphatic heterocycles. The largest absolute Gasteiger partial charge is 0.452 e. The second kappa shape index (κ2) is 9.82. The molecule has 32 heavy (non-hydrogen) atoms. The van der Waals surface area contributed by atoms with Gasteiger partial charge in [0.1, 0.15) is 0 Å². The van der Waals surface area contributed by atoms with Crippen molar-refractivity contribution in [1.29, 1.82) is 0 Å². The van der Waals surface area contributed by atoms with Crippen molar-refractivity contribution >= 4 is 33.6 Å². The number of nitrogens with one attached hydrogen (secondary N) is 2. The van der Waals surface area contributed by atoms with Crippen LogP contribution in [0.5, 0.6) is 0 Å². The van der Waals surface area contributed by atoms with Crippen LogP contribution in [0.25, 0.3) is 0 Å². The van der Waals surface area contributed by atoms with Crippen LogP contribution in [-0.4, -0.2) is 45.5 Å². The lowest BCUT2D eigenvalue weighted by Crippen LogP contribution is -2.49. The van der Waals surface area contributed by atoms with E-state index in [2.05, 4.69) is 10.6 Å². The molecule has 2 rings (SSSR count). The van der Waals surface area contributed by atoms with E-state index < -0.39 is 40.1 Å². The quantitative estimate of drug-likeness (QED) is 0.638. The average molecular weight is 462 g/mol. The Morgan fingerprint density at radius 3 is 2.06 bits per heavy atom. The van der Waals surface area contributed by atoms with Crippen LogP contribution in [0, 0.1) is 6.92 Å². The molecule has 0 saturated carbocycles. The van der Waals surface area contributed by atoms with Crippen molar-refractivity contribution in [1.82, 2.24) is 10.6 Å². The van der Waals surface area contributed by atoms with Crippen LogP contribution < -0.4 is 14.9 Å². The van der Waals surface area contributed by atoms with E-state index in [4.69, 9.17) is 4.74 Å². The molecule has 0 bridgehead atoms. The number of esters is 1. The lowest BCUT2D eigenvalue weighted by molar-refractivity contribution is -0.123. The number of carbonyl (C=O) groups excluding carboxylic acids is 3. The molecule has 0 saturated heterocycles. The van der Waals surface area contributed by atoms with Crippen molar-refractivity contribution < 1.29 is 27.5 Å². The molecular formula is C22H27N3O6S. The molecule has 0 heterocycles. The second-order valence-electron chi connectivity index (χ2n) is 8.16. The van der Waals surface area contributed by atoms with Crippen molar-refractivity contribution in [3.05, 3.63) is 59.7 Å². The predicted octanol–water partition coefficient (Wildman–Crippen LogP) is 2.60. The van der Waals surface area contributed by atoms with E-state index in [-0.39, 0.29) is 10.5 Å². The van der Waals surface area contributed by atoms with Gasteiger partial charge in [0, 0.05) is 12.6 Å². The highest BCUT2D eigenvalue weighted by molar-refractivity contribution is 7.92. The summed E-state index contributed by atoms with van der Waals surface area (Å²) in [7, 11) is -2.35. The third kappa shape index (κ3) is 6.81. The maximum atomic E-state index is 12.8. The first kappa shape index (κ1) is 24.9. The minimum Gasteiger partial charge on any atom is -0.452 e. The molecule has 2 aromatic carbocycles. The molecule has 0 aromatic heterocycles. The maximum Gasteiger partial charge on any atom is 0.338 e. The van der Waals surface area contributed by atoms with E-state index in [1.54, 1.807) is 32.9 Å². The molecule has 10 heteroatoms. The summed E-state index contributed by atoms with van der Waals surface area (Å²) in [6, 6.07) is 11.5. The zero-order valence-electron chi connectivity index (χ0n) is 18.6. The molecule has 2 aromatic rings. The fourth-order valence-corrected chi connectivity index (χ4v) is 3.76. The Hall–Kier alpha value is -3.40. The second-order valence-corrected chi connectivity index (χ2v) is 10.1. The van der Waals surface area contributed by atoms with E-state index in [1.807, 2.05) is 6.92 Å². The monoisotopic (exact) mass is 461 g/mol. The van der Waals surface area contributed by atoms with Gasteiger partial charge in [0.15, 0.2) is 6.61 Å². The summed E-state index contributed by atoms with van der Waals surface area (Å²) in [5, 5.41) is 4.61. The number of rotatable bonds is 6. The summed E-state index contributed by atoms with van der Waals surface area (Å²) in [6.45, 7) is 6.49. The zero-order valence-corrected chi connectivity index (χ0v) is 19.4. The Morgan fingerprint density at radius 1 is 0.969 bits per heavy atom. The van der Waals surface area contributed by atoms with Gasteiger partial charge in [0.25, 0.3) is 15.9 Å². The number of hydrogen-bond donors (Lipinski definition) is 2. The maximum absolute atomic E-state index is 12.8. The fourth-order valence-electron chi connectivity index (χ4n) is 2.56. The highest BCUT2D eigenvalue weighted by atomic mass is 32.2. The molecule has 9 nitrogen and oxygen atoms in total. The average Bonchev–Trinajstić information content (AvgIpc) is 2.70. The third-order valence-corrected chi connectivity index (χ3v) is 6.02. The number of imide groups is 1. The molecule has 0 unspecified atom stereocenters. The van der Waals surface area contributed by atoms with Crippen molar-refractivity contribution in [2.45, 2.75) is 38.1 Å². The van der Waals surface area contributed by atoms with Crippen LogP contribution in [0.4, 0.5) is 10.5 Å². The first-order valence-corrected chi connectivity index (χ1v) is 11.2. The van der Waals surface area contributed by atoms with Gasteiger partial charge in [-0.05, 0) is 64.1 Å². The number of sulfonamides is 1. The third-order valence-electron chi connectivity index (χ3n) is 4.22. The van der Waals surface area contributed by atoms with Gasteiger partial charge < -0.3 is 10.1 Å². The summed E-state index contributed by atoms with van der Waals surface area (Å²) < 4.78 is 31.6. The van der Waals surface area contributed by atoms with Crippen molar-refractivity contribution in [3.63, 3.8) is 0 Å². The number of ether oxygens (including phenoxy) is 1. The Balaban J connectivity index is 1.98. The summed E-state index contributed by atoms with van der Waals surface area (Å²) in [6.07, 6.45) is 0. The molecular weight excluding hydrogens is 434 g/mol. The van der Waals surface area contributed by atoms with Crippen LogP contribution in [0.1, 0.15) is 36.7 Å². The van der Waals surface area contributed by atoms with Crippen molar-refractivity contribution in [2.75, 3.05) is 18.0 Å². The Labute approximate surface area is 187 Å². The van der Waals surface area contributed by atoms with E-state index in [9.17, 15) is 22.8 Å². The molecule has 0 radical (unpaired) electrons. The van der Waals surface area contributed by atoms with Crippen LogP contribution in [0.15, 0.2) is 53.4 Å². The summed E-state index contributed by atoms with van der Waals surface area (Å²) >= 11 is 0. The molecule has 0 spiro atoms. The summed E-state index contributed by atoms with van der Waals surface area (Å²) in [5.41, 5.74) is 0.890. The Morgan fingerprint density at radius 2 is 1.53 bits per heavy atom.